The van der Waals surface area contributed by atoms with Gasteiger partial charge in [-0.3, -0.25) is 0 Å². The quantitative estimate of drug-likeness (QED) is 0.926. The molecule has 1 fully saturated rings. The predicted octanol–water partition coefficient (Wildman–Crippen LogP) is 2.07. The fourth-order valence-electron chi connectivity index (χ4n) is 3.25. The maximum atomic E-state index is 12.9. The van der Waals surface area contributed by atoms with Gasteiger partial charge in [0, 0.05) is 19.4 Å². The lowest BCUT2D eigenvalue weighted by molar-refractivity contribution is -0.182. The Balaban J connectivity index is 1.80. The summed E-state index contributed by atoms with van der Waals surface area (Å²) >= 11 is 0. The van der Waals surface area contributed by atoms with E-state index in [1.165, 1.54) is 0 Å². The van der Waals surface area contributed by atoms with Gasteiger partial charge in [-0.15, -0.1) is 10.2 Å². The Bertz CT molecular complexity index is 485. The third-order valence-electron chi connectivity index (χ3n) is 4.87. The number of alkyl halides is 3. The van der Waals surface area contributed by atoms with E-state index in [9.17, 15) is 13.2 Å². The average Bonchev–Trinajstić information content (AvgIpc) is 2.75. The molecule has 0 amide bonds. The van der Waals surface area contributed by atoms with Crippen molar-refractivity contribution in [3.05, 3.63) is 11.6 Å². The van der Waals surface area contributed by atoms with E-state index in [1.54, 1.807) is 4.57 Å². The Kier molecular flexibility index (Phi) is 3.27. The van der Waals surface area contributed by atoms with E-state index in [1.807, 2.05) is 0 Å². The number of aromatic nitrogens is 3. The van der Waals surface area contributed by atoms with Crippen LogP contribution in [0.5, 0.6) is 0 Å². The maximum Gasteiger partial charge on any atom is 0.393 e. The predicted molar refractivity (Wildman–Crippen MR) is 66.9 cm³/mol. The first-order valence-corrected chi connectivity index (χ1v) is 7.11. The summed E-state index contributed by atoms with van der Waals surface area (Å²) in [6.45, 7) is 0.527. The van der Waals surface area contributed by atoms with E-state index in [4.69, 9.17) is 5.73 Å². The van der Waals surface area contributed by atoms with Crippen molar-refractivity contribution in [2.75, 3.05) is 6.54 Å². The minimum absolute atomic E-state index is 0.0367. The van der Waals surface area contributed by atoms with Crippen LogP contribution in [0, 0.1) is 11.3 Å². The molecule has 1 aromatic heterocycles. The molecule has 1 aliphatic heterocycles. The zero-order valence-electron chi connectivity index (χ0n) is 11.3. The number of hydrogen-bond acceptors (Lipinski definition) is 3. The molecule has 1 aliphatic carbocycles. The molecule has 20 heavy (non-hydrogen) atoms. The molecule has 7 heteroatoms. The van der Waals surface area contributed by atoms with E-state index in [2.05, 4.69) is 10.2 Å². The van der Waals surface area contributed by atoms with Gasteiger partial charge in [0.1, 0.15) is 11.6 Å². The Morgan fingerprint density at radius 1 is 1.30 bits per heavy atom. The molecule has 1 atom stereocenters. The lowest BCUT2D eigenvalue weighted by Gasteiger charge is -2.41. The SMILES string of the molecule is NCC1(Cc2nnc3n2CC(C(F)(F)F)CC3)CCC1. The molecular formula is C13H19F3N4. The minimum atomic E-state index is -4.14. The summed E-state index contributed by atoms with van der Waals surface area (Å²) in [5.41, 5.74) is 5.86. The van der Waals surface area contributed by atoms with E-state index in [0.29, 0.717) is 31.0 Å². The molecule has 1 saturated carbocycles. The third-order valence-corrected chi connectivity index (χ3v) is 4.87. The van der Waals surface area contributed by atoms with Crippen LogP contribution >= 0.6 is 0 Å². The summed E-state index contributed by atoms with van der Waals surface area (Å²) in [4.78, 5) is 0. The van der Waals surface area contributed by atoms with Crippen molar-refractivity contribution >= 4 is 0 Å². The average molecular weight is 288 g/mol. The zero-order chi connectivity index (χ0) is 14.4. The van der Waals surface area contributed by atoms with Crippen molar-refractivity contribution in [1.82, 2.24) is 14.8 Å². The number of halogens is 3. The summed E-state index contributed by atoms with van der Waals surface area (Å²) in [7, 11) is 0. The van der Waals surface area contributed by atoms with Crippen LogP contribution < -0.4 is 5.73 Å². The minimum Gasteiger partial charge on any atom is -0.330 e. The zero-order valence-corrected chi connectivity index (χ0v) is 11.3. The second-order valence-electron chi connectivity index (χ2n) is 6.15. The molecule has 0 spiro atoms. The van der Waals surface area contributed by atoms with Crippen LogP contribution in [0.15, 0.2) is 0 Å². The highest BCUT2D eigenvalue weighted by Gasteiger charge is 2.43. The second kappa shape index (κ2) is 4.72. The van der Waals surface area contributed by atoms with Gasteiger partial charge in [0.05, 0.1) is 5.92 Å². The summed E-state index contributed by atoms with van der Waals surface area (Å²) in [6.07, 6.45) is 0.199. The molecule has 0 aromatic carbocycles. The first-order valence-electron chi connectivity index (χ1n) is 7.11. The van der Waals surface area contributed by atoms with Gasteiger partial charge in [0.15, 0.2) is 0 Å². The summed E-state index contributed by atoms with van der Waals surface area (Å²) in [6, 6.07) is 0. The lowest BCUT2D eigenvalue weighted by Crippen LogP contribution is -2.40. The van der Waals surface area contributed by atoms with E-state index < -0.39 is 12.1 Å². The molecule has 4 nitrogen and oxygen atoms in total. The standard InChI is InChI=1S/C13H19F3N4/c14-13(15,16)9-2-3-10-18-19-11(20(10)7-9)6-12(8-17)4-1-5-12/h9H,1-8,17H2. The number of rotatable bonds is 3. The van der Waals surface area contributed by atoms with Crippen molar-refractivity contribution in [2.24, 2.45) is 17.1 Å². The Labute approximate surface area is 115 Å². The molecule has 3 rings (SSSR count). The fraction of sp³-hybridized carbons (Fsp3) is 0.846. The molecule has 1 unspecified atom stereocenters. The maximum absolute atomic E-state index is 12.9. The van der Waals surface area contributed by atoms with Gasteiger partial charge in [-0.25, -0.2) is 0 Å². The third kappa shape index (κ3) is 2.32. The number of fused-ring (bicyclic) bond motifs is 1. The molecule has 2 aliphatic rings. The number of nitrogens with two attached hydrogens (primary N) is 1. The van der Waals surface area contributed by atoms with Crippen molar-refractivity contribution in [3.63, 3.8) is 0 Å². The van der Waals surface area contributed by atoms with Gasteiger partial charge in [-0.05, 0) is 31.2 Å². The molecule has 0 bridgehead atoms. The van der Waals surface area contributed by atoms with Crippen molar-refractivity contribution in [2.45, 2.75) is 51.2 Å². The van der Waals surface area contributed by atoms with Crippen LogP contribution in [0.2, 0.25) is 0 Å². The van der Waals surface area contributed by atoms with Crippen molar-refractivity contribution in [3.8, 4) is 0 Å². The van der Waals surface area contributed by atoms with Crippen LogP contribution in [0.25, 0.3) is 0 Å². The van der Waals surface area contributed by atoms with Gasteiger partial charge in [-0.2, -0.15) is 13.2 Å². The molecule has 2 N–H and O–H groups in total. The fourth-order valence-corrected chi connectivity index (χ4v) is 3.25. The van der Waals surface area contributed by atoms with E-state index in [0.717, 1.165) is 19.3 Å². The second-order valence-corrected chi connectivity index (χ2v) is 6.15. The van der Waals surface area contributed by atoms with Crippen LogP contribution in [0.1, 0.15) is 37.3 Å². The summed E-state index contributed by atoms with van der Waals surface area (Å²) < 4.78 is 40.3. The monoisotopic (exact) mass is 288 g/mol. The highest BCUT2D eigenvalue weighted by molar-refractivity contribution is 5.06. The smallest absolute Gasteiger partial charge is 0.330 e. The van der Waals surface area contributed by atoms with Gasteiger partial charge >= 0.3 is 6.18 Å². The molecule has 0 radical (unpaired) electrons. The van der Waals surface area contributed by atoms with E-state index >= 15 is 0 Å². The first kappa shape index (κ1) is 13.9. The Morgan fingerprint density at radius 2 is 2.05 bits per heavy atom. The van der Waals surface area contributed by atoms with Gasteiger partial charge < -0.3 is 10.3 Å². The van der Waals surface area contributed by atoms with Crippen LogP contribution in [-0.4, -0.2) is 27.5 Å². The Morgan fingerprint density at radius 3 is 2.60 bits per heavy atom. The highest BCUT2D eigenvalue weighted by Crippen LogP contribution is 2.43. The lowest BCUT2D eigenvalue weighted by atomic mass is 9.66. The van der Waals surface area contributed by atoms with Gasteiger partial charge in [0.2, 0.25) is 0 Å². The topological polar surface area (TPSA) is 56.7 Å². The summed E-state index contributed by atoms with van der Waals surface area (Å²) in [5, 5.41) is 8.17. The largest absolute Gasteiger partial charge is 0.393 e. The molecule has 0 saturated heterocycles. The molecule has 112 valence electrons. The van der Waals surface area contributed by atoms with Crippen LogP contribution in [-0.2, 0) is 19.4 Å². The van der Waals surface area contributed by atoms with Gasteiger partial charge in [0.25, 0.3) is 0 Å². The first-order chi connectivity index (χ1) is 9.43. The number of hydrogen-bond donors (Lipinski definition) is 1. The van der Waals surface area contributed by atoms with Crippen LogP contribution in [0.3, 0.4) is 0 Å². The van der Waals surface area contributed by atoms with E-state index in [-0.39, 0.29) is 18.4 Å². The highest BCUT2D eigenvalue weighted by atomic mass is 19.4. The van der Waals surface area contributed by atoms with Gasteiger partial charge in [-0.1, -0.05) is 6.42 Å². The summed E-state index contributed by atoms with van der Waals surface area (Å²) in [5.74, 6) is 0.0889. The Hall–Kier alpha value is -1.11. The molecule has 1 aromatic rings. The molecule has 2 heterocycles. The van der Waals surface area contributed by atoms with Crippen molar-refractivity contribution in [1.29, 1.82) is 0 Å². The number of nitrogens with zero attached hydrogens (tertiary/aromatic N) is 3. The van der Waals surface area contributed by atoms with Crippen LogP contribution in [0.4, 0.5) is 13.2 Å². The molecular weight excluding hydrogens is 269 g/mol. The normalized spacial score (nSPS) is 25.1. The van der Waals surface area contributed by atoms with Crippen molar-refractivity contribution < 1.29 is 13.2 Å². The number of aryl methyl sites for hydroxylation is 1.